The molecule has 0 aliphatic carbocycles. The quantitative estimate of drug-likeness (QED) is 0.684. The van der Waals surface area contributed by atoms with Crippen molar-refractivity contribution in [1.82, 2.24) is 4.90 Å². The van der Waals surface area contributed by atoms with Crippen LogP contribution in [0.4, 0.5) is 11.4 Å². The minimum Gasteiger partial charge on any atom is -0.325 e. The number of piperidine rings is 1. The second-order valence-corrected chi connectivity index (χ2v) is 4.69. The minimum atomic E-state index is -0.459. The van der Waals surface area contributed by atoms with Crippen LogP contribution in [0.3, 0.4) is 0 Å². The Bertz CT molecular complexity index is 458. The molecule has 0 spiro atoms. The van der Waals surface area contributed by atoms with E-state index in [2.05, 4.69) is 10.2 Å². The molecule has 1 fully saturated rings. The third-order valence-corrected chi connectivity index (χ3v) is 3.18. The van der Waals surface area contributed by atoms with E-state index in [-0.39, 0.29) is 24.0 Å². The molecule has 0 unspecified atom stereocenters. The first-order chi connectivity index (χ1) is 9.15. The number of nitrogens with one attached hydrogen (secondary N) is 1. The summed E-state index contributed by atoms with van der Waals surface area (Å²) in [6.07, 6.45) is 3.52. The molecule has 0 bridgehead atoms. The number of nitro benzene ring substituents is 1. The predicted octanol–water partition coefficient (Wildman–Crippen LogP) is 2.44. The van der Waals surface area contributed by atoms with Crippen LogP contribution in [-0.4, -0.2) is 35.4 Å². The van der Waals surface area contributed by atoms with Crippen molar-refractivity contribution in [3.63, 3.8) is 0 Å². The van der Waals surface area contributed by atoms with Crippen LogP contribution in [0, 0.1) is 10.1 Å². The molecule has 1 aliphatic heterocycles. The number of halogens is 1. The molecule has 20 heavy (non-hydrogen) atoms. The minimum absolute atomic E-state index is 0. The van der Waals surface area contributed by atoms with Crippen molar-refractivity contribution in [2.75, 3.05) is 25.0 Å². The summed E-state index contributed by atoms with van der Waals surface area (Å²) in [6, 6.07) is 5.87. The number of carbonyl (C=O) groups excluding carboxylic acids is 1. The summed E-state index contributed by atoms with van der Waals surface area (Å²) < 4.78 is 0. The van der Waals surface area contributed by atoms with Crippen LogP contribution in [0.25, 0.3) is 0 Å². The molecule has 1 amide bonds. The van der Waals surface area contributed by atoms with Crippen LogP contribution < -0.4 is 5.32 Å². The number of nitrogens with zero attached hydrogens (tertiary/aromatic N) is 2. The summed E-state index contributed by atoms with van der Waals surface area (Å²) in [5, 5.41) is 13.3. The summed E-state index contributed by atoms with van der Waals surface area (Å²) in [7, 11) is 0. The zero-order chi connectivity index (χ0) is 13.7. The Kier molecular flexibility index (Phi) is 6.41. The fraction of sp³-hybridized carbons (Fsp3) is 0.462. The molecular weight excluding hydrogens is 282 g/mol. The number of nitro groups is 1. The van der Waals surface area contributed by atoms with Gasteiger partial charge in [-0.15, -0.1) is 12.4 Å². The maximum Gasteiger partial charge on any atom is 0.269 e. The topological polar surface area (TPSA) is 75.5 Å². The van der Waals surface area contributed by atoms with Crippen molar-refractivity contribution in [2.24, 2.45) is 0 Å². The fourth-order valence-corrected chi connectivity index (χ4v) is 2.19. The molecule has 6 nitrogen and oxygen atoms in total. The third kappa shape index (κ3) is 4.79. The van der Waals surface area contributed by atoms with Crippen LogP contribution in [0.1, 0.15) is 19.3 Å². The first-order valence-electron chi connectivity index (χ1n) is 6.42. The van der Waals surface area contributed by atoms with Gasteiger partial charge in [-0.3, -0.25) is 19.8 Å². The second-order valence-electron chi connectivity index (χ2n) is 4.69. The smallest absolute Gasteiger partial charge is 0.269 e. The highest BCUT2D eigenvalue weighted by Gasteiger charge is 2.14. The lowest BCUT2D eigenvalue weighted by Crippen LogP contribution is -2.36. The monoisotopic (exact) mass is 299 g/mol. The van der Waals surface area contributed by atoms with Crippen LogP contribution in [0.5, 0.6) is 0 Å². The number of carbonyl (C=O) groups is 1. The van der Waals surface area contributed by atoms with Gasteiger partial charge < -0.3 is 5.32 Å². The van der Waals surface area contributed by atoms with Gasteiger partial charge in [-0.25, -0.2) is 0 Å². The zero-order valence-corrected chi connectivity index (χ0v) is 11.9. The largest absolute Gasteiger partial charge is 0.325 e. The lowest BCUT2D eigenvalue weighted by atomic mass is 10.1. The van der Waals surface area contributed by atoms with E-state index in [1.54, 1.807) is 12.1 Å². The molecule has 1 heterocycles. The highest BCUT2D eigenvalue weighted by Crippen LogP contribution is 2.15. The number of amides is 1. The SMILES string of the molecule is Cl.O=C(CN1CCCCC1)Nc1ccc([N+](=O)[O-])cc1. The first-order valence-corrected chi connectivity index (χ1v) is 6.42. The van der Waals surface area contributed by atoms with Crippen LogP contribution in [0.15, 0.2) is 24.3 Å². The van der Waals surface area contributed by atoms with Crippen molar-refractivity contribution < 1.29 is 9.72 Å². The standard InChI is InChI=1S/C13H17N3O3.ClH/c17-13(10-15-8-2-1-3-9-15)14-11-4-6-12(7-5-11)16(18)19;/h4-7H,1-3,8-10H2,(H,14,17);1H. The van der Waals surface area contributed by atoms with Crippen molar-refractivity contribution in [3.05, 3.63) is 34.4 Å². The molecule has 1 aliphatic rings. The van der Waals surface area contributed by atoms with E-state index in [1.165, 1.54) is 18.6 Å². The Labute approximate surface area is 123 Å². The van der Waals surface area contributed by atoms with Crippen LogP contribution >= 0.6 is 12.4 Å². The number of anilines is 1. The van der Waals surface area contributed by atoms with E-state index in [0.29, 0.717) is 12.2 Å². The Morgan fingerprint density at radius 2 is 1.80 bits per heavy atom. The predicted molar refractivity (Wildman–Crippen MR) is 79.3 cm³/mol. The summed E-state index contributed by atoms with van der Waals surface area (Å²) in [5.74, 6) is -0.0734. The lowest BCUT2D eigenvalue weighted by Gasteiger charge is -2.25. The molecule has 0 atom stereocenters. The third-order valence-electron chi connectivity index (χ3n) is 3.18. The second kappa shape index (κ2) is 7.81. The van der Waals surface area contributed by atoms with Gasteiger partial charge in [0, 0.05) is 17.8 Å². The Morgan fingerprint density at radius 3 is 2.35 bits per heavy atom. The number of hydrogen-bond acceptors (Lipinski definition) is 4. The van der Waals surface area contributed by atoms with Gasteiger partial charge in [0.05, 0.1) is 11.5 Å². The summed E-state index contributed by atoms with van der Waals surface area (Å²) in [5.41, 5.74) is 0.613. The van der Waals surface area contributed by atoms with E-state index in [4.69, 9.17) is 0 Å². The van der Waals surface area contributed by atoms with Crippen molar-refractivity contribution in [1.29, 1.82) is 0 Å². The maximum atomic E-state index is 11.8. The summed E-state index contributed by atoms with van der Waals surface area (Å²) in [4.78, 5) is 24.0. The van der Waals surface area contributed by atoms with Gasteiger partial charge in [0.25, 0.3) is 5.69 Å². The highest BCUT2D eigenvalue weighted by atomic mass is 35.5. The normalized spacial score (nSPS) is 15.2. The number of non-ortho nitro benzene ring substituents is 1. The molecule has 7 heteroatoms. The molecule has 1 aromatic rings. The number of rotatable bonds is 4. The average molecular weight is 300 g/mol. The van der Waals surface area contributed by atoms with Crippen LogP contribution in [-0.2, 0) is 4.79 Å². The number of benzene rings is 1. The fourth-order valence-electron chi connectivity index (χ4n) is 2.19. The maximum absolute atomic E-state index is 11.8. The van der Waals surface area contributed by atoms with Gasteiger partial charge in [0.15, 0.2) is 0 Å². The van der Waals surface area contributed by atoms with Gasteiger partial charge in [0.1, 0.15) is 0 Å². The van der Waals surface area contributed by atoms with E-state index in [1.807, 2.05) is 0 Å². The van der Waals surface area contributed by atoms with Gasteiger partial charge in [0.2, 0.25) is 5.91 Å². The van der Waals surface area contributed by atoms with Gasteiger partial charge >= 0.3 is 0 Å². The summed E-state index contributed by atoms with van der Waals surface area (Å²) >= 11 is 0. The molecule has 1 aromatic carbocycles. The first kappa shape index (κ1) is 16.4. The van der Waals surface area contributed by atoms with E-state index < -0.39 is 4.92 Å². The Morgan fingerprint density at radius 1 is 1.20 bits per heavy atom. The lowest BCUT2D eigenvalue weighted by molar-refractivity contribution is -0.384. The Balaban J connectivity index is 0.00000200. The number of hydrogen-bond donors (Lipinski definition) is 1. The van der Waals surface area contributed by atoms with Crippen molar-refractivity contribution in [2.45, 2.75) is 19.3 Å². The highest BCUT2D eigenvalue weighted by molar-refractivity contribution is 5.92. The molecule has 0 saturated carbocycles. The molecular formula is C13H18ClN3O3. The Hall–Kier alpha value is -1.66. The number of likely N-dealkylation sites (tertiary alicyclic amines) is 1. The zero-order valence-electron chi connectivity index (χ0n) is 11.1. The van der Waals surface area contributed by atoms with E-state index in [9.17, 15) is 14.9 Å². The average Bonchev–Trinajstić information content (AvgIpc) is 2.40. The molecule has 110 valence electrons. The molecule has 1 saturated heterocycles. The van der Waals surface area contributed by atoms with Crippen LogP contribution in [0.2, 0.25) is 0 Å². The molecule has 0 radical (unpaired) electrons. The molecule has 1 N–H and O–H groups in total. The van der Waals surface area contributed by atoms with Crippen molar-refractivity contribution in [3.8, 4) is 0 Å². The summed E-state index contributed by atoms with van der Waals surface area (Å²) in [6.45, 7) is 2.32. The van der Waals surface area contributed by atoms with E-state index >= 15 is 0 Å². The molecule has 0 aromatic heterocycles. The van der Waals surface area contributed by atoms with E-state index in [0.717, 1.165) is 25.9 Å². The van der Waals surface area contributed by atoms with Gasteiger partial charge in [-0.05, 0) is 38.1 Å². The molecule has 2 rings (SSSR count). The van der Waals surface area contributed by atoms with Gasteiger partial charge in [-0.2, -0.15) is 0 Å². The van der Waals surface area contributed by atoms with Gasteiger partial charge in [-0.1, -0.05) is 6.42 Å². The van der Waals surface area contributed by atoms with Crippen molar-refractivity contribution >= 4 is 29.7 Å².